The van der Waals surface area contributed by atoms with E-state index < -0.39 is 11.9 Å². The highest BCUT2D eigenvalue weighted by Gasteiger charge is 2.34. The minimum absolute atomic E-state index is 0.257. The van der Waals surface area contributed by atoms with Crippen molar-refractivity contribution in [3.63, 3.8) is 0 Å². The van der Waals surface area contributed by atoms with Gasteiger partial charge < -0.3 is 14.2 Å². The van der Waals surface area contributed by atoms with Gasteiger partial charge in [0, 0.05) is 11.1 Å². The molecule has 0 N–H and O–H groups in total. The van der Waals surface area contributed by atoms with Gasteiger partial charge in [0.2, 0.25) is 0 Å². The predicted octanol–water partition coefficient (Wildman–Crippen LogP) is 5.33. The van der Waals surface area contributed by atoms with E-state index in [-0.39, 0.29) is 5.75 Å². The SMILES string of the molecule is CCCCOC(=O)c1c2ccc(C)cc(C)c-2c(C(=O)OCCC)c1OCC. The van der Waals surface area contributed by atoms with Crippen LogP contribution >= 0.6 is 0 Å². The van der Waals surface area contributed by atoms with Crippen LogP contribution in [0.4, 0.5) is 0 Å². The molecule has 2 aliphatic carbocycles. The first kappa shape index (κ1) is 21.7. The second-order valence-corrected chi connectivity index (χ2v) is 6.83. The molecule has 0 unspecified atom stereocenters. The smallest absolute Gasteiger partial charge is 0.342 e. The van der Waals surface area contributed by atoms with Gasteiger partial charge in [0.1, 0.15) is 16.9 Å². The molecule has 0 bridgehead atoms. The van der Waals surface area contributed by atoms with Crippen molar-refractivity contribution in [2.45, 2.75) is 53.9 Å². The predicted molar refractivity (Wildman–Crippen MR) is 109 cm³/mol. The molecule has 0 spiro atoms. The molecule has 0 saturated heterocycles. The van der Waals surface area contributed by atoms with Gasteiger partial charge in [0.15, 0.2) is 0 Å². The van der Waals surface area contributed by atoms with Crippen molar-refractivity contribution in [2.24, 2.45) is 0 Å². The van der Waals surface area contributed by atoms with Crippen LogP contribution in [-0.2, 0) is 9.47 Å². The lowest BCUT2D eigenvalue weighted by atomic mass is 10.0. The molecule has 0 amide bonds. The van der Waals surface area contributed by atoms with E-state index in [0.717, 1.165) is 24.0 Å². The van der Waals surface area contributed by atoms with Gasteiger partial charge in [-0.3, -0.25) is 0 Å². The summed E-state index contributed by atoms with van der Waals surface area (Å²) in [4.78, 5) is 25.8. The molecular weight excluding hydrogens is 356 g/mol. The van der Waals surface area contributed by atoms with Crippen LogP contribution in [0.25, 0.3) is 11.1 Å². The van der Waals surface area contributed by atoms with Gasteiger partial charge in [0.25, 0.3) is 0 Å². The number of unbranched alkanes of at least 4 members (excludes halogenated alkanes) is 1. The Kier molecular flexibility index (Phi) is 7.85. The molecule has 0 radical (unpaired) electrons. The fourth-order valence-electron chi connectivity index (χ4n) is 3.21. The Bertz CT molecular complexity index is 809. The highest BCUT2D eigenvalue weighted by molar-refractivity contribution is 6.13. The van der Waals surface area contributed by atoms with Gasteiger partial charge >= 0.3 is 11.9 Å². The summed E-state index contributed by atoms with van der Waals surface area (Å²) in [6.07, 6.45) is 2.42. The number of fused-ring (bicyclic) bond motifs is 1. The van der Waals surface area contributed by atoms with E-state index in [0.29, 0.717) is 48.5 Å². The summed E-state index contributed by atoms with van der Waals surface area (Å²) in [5.74, 6) is -0.693. The first-order valence-corrected chi connectivity index (χ1v) is 10.00. The van der Waals surface area contributed by atoms with Crippen LogP contribution < -0.4 is 4.74 Å². The van der Waals surface area contributed by atoms with Crippen LogP contribution in [0, 0.1) is 13.8 Å². The van der Waals surface area contributed by atoms with E-state index in [2.05, 4.69) is 0 Å². The summed E-state index contributed by atoms with van der Waals surface area (Å²) < 4.78 is 16.7. The maximum atomic E-state index is 12.9. The summed E-state index contributed by atoms with van der Waals surface area (Å²) >= 11 is 0. The summed E-state index contributed by atoms with van der Waals surface area (Å²) in [5.41, 5.74) is 3.86. The second kappa shape index (κ2) is 10.1. The Morgan fingerprint density at radius 1 is 0.893 bits per heavy atom. The number of aryl methyl sites for hydroxylation is 2. The molecule has 0 aromatic carbocycles. The quantitative estimate of drug-likeness (QED) is 0.430. The third kappa shape index (κ3) is 4.64. The standard InChI is InChI=1S/C23H30O5/c1-6-9-13-28-22(24)19-17-11-10-15(4)14-16(5)18(17)20(21(19)26-8-3)23(25)27-12-7-2/h10-11,14H,6-9,12-13H2,1-5H3. The zero-order valence-electron chi connectivity index (χ0n) is 17.5. The Hall–Kier alpha value is -2.56. The fourth-order valence-corrected chi connectivity index (χ4v) is 3.21. The van der Waals surface area contributed by atoms with Crippen LogP contribution in [0.2, 0.25) is 0 Å². The van der Waals surface area contributed by atoms with E-state index in [1.165, 1.54) is 0 Å². The van der Waals surface area contributed by atoms with Crippen molar-refractivity contribution in [1.82, 2.24) is 0 Å². The molecular formula is C23H30O5. The lowest BCUT2D eigenvalue weighted by Gasteiger charge is -2.09. The average molecular weight is 386 g/mol. The molecule has 0 atom stereocenters. The van der Waals surface area contributed by atoms with Crippen LogP contribution in [-0.4, -0.2) is 31.8 Å². The van der Waals surface area contributed by atoms with E-state index in [4.69, 9.17) is 14.2 Å². The molecule has 0 fully saturated rings. The lowest BCUT2D eigenvalue weighted by molar-refractivity contribution is 0.0496. The van der Waals surface area contributed by atoms with Crippen LogP contribution in [0.5, 0.6) is 5.75 Å². The molecule has 5 nitrogen and oxygen atoms in total. The van der Waals surface area contributed by atoms with E-state index in [1.807, 2.05) is 52.8 Å². The first-order valence-electron chi connectivity index (χ1n) is 10.00. The van der Waals surface area contributed by atoms with E-state index >= 15 is 0 Å². The topological polar surface area (TPSA) is 61.8 Å². The number of rotatable bonds is 9. The van der Waals surface area contributed by atoms with Gasteiger partial charge in [-0.1, -0.05) is 44.0 Å². The van der Waals surface area contributed by atoms with Gasteiger partial charge in [-0.25, -0.2) is 9.59 Å². The molecule has 2 rings (SSSR count). The average Bonchev–Trinajstić information content (AvgIpc) is 2.91. The zero-order valence-corrected chi connectivity index (χ0v) is 17.5. The number of carbonyl (C=O) groups excluding carboxylic acids is 2. The number of carbonyl (C=O) groups is 2. The maximum Gasteiger partial charge on any atom is 0.342 e. The molecule has 2 aliphatic rings. The summed E-state index contributed by atoms with van der Waals surface area (Å²) in [6.45, 7) is 10.7. The number of hydrogen-bond donors (Lipinski definition) is 0. The van der Waals surface area contributed by atoms with Crippen molar-refractivity contribution in [3.05, 3.63) is 40.5 Å². The van der Waals surface area contributed by atoms with Crippen molar-refractivity contribution >= 4 is 11.9 Å². The molecule has 28 heavy (non-hydrogen) atoms. The number of hydrogen-bond acceptors (Lipinski definition) is 5. The van der Waals surface area contributed by atoms with Gasteiger partial charge in [-0.05, 0) is 39.2 Å². The summed E-state index contributed by atoms with van der Waals surface area (Å²) in [6, 6.07) is 5.77. The first-order chi connectivity index (χ1) is 13.5. The highest BCUT2D eigenvalue weighted by Crippen LogP contribution is 2.44. The molecule has 5 heteroatoms. The van der Waals surface area contributed by atoms with Gasteiger partial charge in [0.05, 0.1) is 19.8 Å². The van der Waals surface area contributed by atoms with Crippen molar-refractivity contribution < 1.29 is 23.8 Å². The molecule has 152 valence electrons. The van der Waals surface area contributed by atoms with Crippen LogP contribution in [0.1, 0.15) is 71.9 Å². The zero-order chi connectivity index (χ0) is 20.7. The summed E-state index contributed by atoms with van der Waals surface area (Å²) in [5, 5.41) is 0. The number of esters is 2. The van der Waals surface area contributed by atoms with Crippen molar-refractivity contribution in [3.8, 4) is 16.9 Å². The van der Waals surface area contributed by atoms with E-state index in [9.17, 15) is 9.59 Å². The van der Waals surface area contributed by atoms with Crippen molar-refractivity contribution in [2.75, 3.05) is 19.8 Å². The Labute approximate surface area is 167 Å². The Morgan fingerprint density at radius 3 is 2.21 bits per heavy atom. The van der Waals surface area contributed by atoms with E-state index in [1.54, 1.807) is 0 Å². The third-order valence-electron chi connectivity index (χ3n) is 4.46. The Balaban J connectivity index is 2.71. The fraction of sp³-hybridized carbons (Fsp3) is 0.478. The second-order valence-electron chi connectivity index (χ2n) is 6.83. The molecule has 0 heterocycles. The minimum Gasteiger partial charge on any atom is -0.492 e. The highest BCUT2D eigenvalue weighted by atomic mass is 16.5. The lowest BCUT2D eigenvalue weighted by Crippen LogP contribution is -2.11. The van der Waals surface area contributed by atoms with Gasteiger partial charge in [-0.2, -0.15) is 0 Å². The van der Waals surface area contributed by atoms with Crippen molar-refractivity contribution in [1.29, 1.82) is 0 Å². The summed E-state index contributed by atoms with van der Waals surface area (Å²) in [7, 11) is 0. The van der Waals surface area contributed by atoms with Gasteiger partial charge in [-0.15, -0.1) is 0 Å². The van der Waals surface area contributed by atoms with Crippen LogP contribution in [0.15, 0.2) is 18.2 Å². The number of ether oxygens (including phenoxy) is 3. The Morgan fingerprint density at radius 2 is 1.57 bits per heavy atom. The molecule has 0 aromatic heterocycles. The minimum atomic E-state index is -0.477. The third-order valence-corrected chi connectivity index (χ3v) is 4.46. The largest absolute Gasteiger partial charge is 0.492 e. The molecule has 0 aromatic rings. The molecule has 0 saturated carbocycles. The normalized spacial score (nSPS) is 10.8. The monoisotopic (exact) mass is 386 g/mol. The van der Waals surface area contributed by atoms with Crippen LogP contribution in [0.3, 0.4) is 0 Å². The maximum absolute atomic E-state index is 12.9. The molecule has 0 aliphatic heterocycles.